The lowest BCUT2D eigenvalue weighted by molar-refractivity contribution is 0.281. The van der Waals surface area contributed by atoms with Crippen molar-refractivity contribution in [3.8, 4) is 17.0 Å². The van der Waals surface area contributed by atoms with Crippen LogP contribution < -0.4 is 10.5 Å². The van der Waals surface area contributed by atoms with Gasteiger partial charge in [0.1, 0.15) is 22.9 Å². The Balaban J connectivity index is 2.29. The second-order valence-corrected chi connectivity index (χ2v) is 5.43. The number of methoxy groups -OCH3 is 1. The van der Waals surface area contributed by atoms with Gasteiger partial charge in [-0.05, 0) is 42.7 Å². The number of imidazole rings is 1. The fraction of sp³-hybridized carbons (Fsp3) is 0.235. The highest BCUT2D eigenvalue weighted by Gasteiger charge is 2.17. The minimum Gasteiger partial charge on any atom is -0.496 e. The van der Waals surface area contributed by atoms with Crippen molar-refractivity contribution in [2.45, 2.75) is 20.5 Å². The molecule has 0 aliphatic rings. The van der Waals surface area contributed by atoms with Gasteiger partial charge in [-0.3, -0.25) is 4.40 Å². The molecule has 0 unspecified atom stereocenters. The van der Waals surface area contributed by atoms with Crippen molar-refractivity contribution in [3.05, 3.63) is 47.2 Å². The van der Waals surface area contributed by atoms with E-state index < -0.39 is 0 Å². The molecule has 114 valence electrons. The Morgan fingerprint density at radius 1 is 1.27 bits per heavy atom. The first-order chi connectivity index (χ1) is 10.5. The first-order valence-corrected chi connectivity index (χ1v) is 7.08. The minimum atomic E-state index is -0.0320. The number of anilines is 1. The molecule has 2 heterocycles. The monoisotopic (exact) mass is 297 g/mol. The summed E-state index contributed by atoms with van der Waals surface area (Å²) in [5.41, 5.74) is 11.6. The van der Waals surface area contributed by atoms with E-state index in [0.29, 0.717) is 11.5 Å². The summed E-state index contributed by atoms with van der Waals surface area (Å²) in [6.45, 7) is 4.01. The van der Waals surface area contributed by atoms with E-state index in [-0.39, 0.29) is 6.61 Å². The van der Waals surface area contributed by atoms with Gasteiger partial charge in [0.05, 0.1) is 13.7 Å². The van der Waals surface area contributed by atoms with Crippen molar-refractivity contribution < 1.29 is 9.84 Å². The molecule has 0 atom stereocenters. The lowest BCUT2D eigenvalue weighted by Crippen LogP contribution is -1.98. The predicted molar refractivity (Wildman–Crippen MR) is 87.0 cm³/mol. The van der Waals surface area contributed by atoms with Gasteiger partial charge in [0.2, 0.25) is 0 Å². The smallest absolute Gasteiger partial charge is 0.139 e. The maximum atomic E-state index is 9.27. The van der Waals surface area contributed by atoms with E-state index in [9.17, 15) is 5.11 Å². The van der Waals surface area contributed by atoms with Gasteiger partial charge < -0.3 is 15.6 Å². The summed E-state index contributed by atoms with van der Waals surface area (Å²) in [6.07, 6.45) is 1.80. The van der Waals surface area contributed by atoms with Crippen LogP contribution in [0.4, 0.5) is 5.82 Å². The van der Waals surface area contributed by atoms with E-state index in [1.54, 1.807) is 17.7 Å². The molecule has 2 aromatic heterocycles. The molecule has 3 aromatic rings. The quantitative estimate of drug-likeness (QED) is 0.779. The van der Waals surface area contributed by atoms with Gasteiger partial charge in [-0.15, -0.1) is 0 Å². The second kappa shape index (κ2) is 5.35. The van der Waals surface area contributed by atoms with Crippen LogP contribution in [0, 0.1) is 13.8 Å². The van der Waals surface area contributed by atoms with Gasteiger partial charge in [-0.1, -0.05) is 12.1 Å². The highest BCUT2D eigenvalue weighted by atomic mass is 16.5. The number of nitrogens with two attached hydrogens (primary N) is 1. The van der Waals surface area contributed by atoms with Crippen LogP contribution in [0.3, 0.4) is 0 Å². The molecule has 22 heavy (non-hydrogen) atoms. The van der Waals surface area contributed by atoms with Crippen LogP contribution in [0.1, 0.15) is 16.7 Å². The molecule has 3 rings (SSSR count). The van der Waals surface area contributed by atoms with Gasteiger partial charge >= 0.3 is 0 Å². The third kappa shape index (κ3) is 2.19. The number of hydrogen-bond acceptors (Lipinski definition) is 4. The standard InChI is InChI=1S/C17H19N3O2/c1-10-6-11(2)16(22-3)13(7-10)15-17(18)20-8-12(9-21)4-5-14(20)19-15/h4-8,21H,9,18H2,1-3H3. The first kappa shape index (κ1) is 14.4. The molecule has 0 saturated heterocycles. The average molecular weight is 297 g/mol. The van der Waals surface area contributed by atoms with Crippen LogP contribution in [0.15, 0.2) is 30.5 Å². The maximum absolute atomic E-state index is 9.27. The number of rotatable bonds is 3. The second-order valence-electron chi connectivity index (χ2n) is 5.43. The summed E-state index contributed by atoms with van der Waals surface area (Å²) < 4.78 is 7.33. The molecule has 5 nitrogen and oxygen atoms in total. The molecule has 0 fully saturated rings. The number of ether oxygens (including phenoxy) is 1. The number of fused-ring (bicyclic) bond motifs is 1. The van der Waals surface area contributed by atoms with Crippen molar-refractivity contribution in [1.29, 1.82) is 0 Å². The largest absolute Gasteiger partial charge is 0.496 e. The van der Waals surface area contributed by atoms with Gasteiger partial charge in [-0.25, -0.2) is 4.98 Å². The summed E-state index contributed by atoms with van der Waals surface area (Å²) >= 11 is 0. The summed E-state index contributed by atoms with van der Waals surface area (Å²) in [5, 5.41) is 9.27. The lowest BCUT2D eigenvalue weighted by Gasteiger charge is -2.11. The number of hydrogen-bond donors (Lipinski definition) is 2. The van der Waals surface area contributed by atoms with Crippen LogP contribution >= 0.6 is 0 Å². The van der Waals surface area contributed by atoms with Crippen LogP contribution in [-0.4, -0.2) is 21.6 Å². The third-order valence-electron chi connectivity index (χ3n) is 3.78. The predicted octanol–water partition coefficient (Wildman–Crippen LogP) is 2.70. The fourth-order valence-electron chi connectivity index (χ4n) is 2.80. The van der Waals surface area contributed by atoms with Crippen molar-refractivity contribution in [3.63, 3.8) is 0 Å². The zero-order valence-electron chi connectivity index (χ0n) is 12.9. The molecule has 0 amide bonds. The molecule has 0 saturated carbocycles. The molecule has 0 bridgehead atoms. The third-order valence-corrected chi connectivity index (χ3v) is 3.78. The number of aryl methyl sites for hydroxylation is 2. The molecule has 0 radical (unpaired) electrons. The minimum absolute atomic E-state index is 0.0320. The SMILES string of the molecule is COc1c(C)cc(C)cc1-c1nc2ccc(CO)cn2c1N. The Morgan fingerprint density at radius 3 is 2.73 bits per heavy atom. The van der Waals surface area contributed by atoms with E-state index in [2.05, 4.69) is 11.1 Å². The van der Waals surface area contributed by atoms with Gasteiger partial charge in [0.15, 0.2) is 0 Å². The highest BCUT2D eigenvalue weighted by molar-refractivity contribution is 5.80. The van der Waals surface area contributed by atoms with E-state index >= 15 is 0 Å². The summed E-state index contributed by atoms with van der Waals surface area (Å²) in [5.74, 6) is 1.32. The van der Waals surface area contributed by atoms with Crippen molar-refractivity contribution in [2.24, 2.45) is 0 Å². The number of aliphatic hydroxyl groups is 1. The zero-order valence-corrected chi connectivity index (χ0v) is 12.9. The molecule has 0 aliphatic carbocycles. The average Bonchev–Trinajstić information content (AvgIpc) is 2.83. The summed E-state index contributed by atoms with van der Waals surface area (Å²) in [7, 11) is 1.65. The van der Waals surface area contributed by atoms with Gasteiger partial charge in [0, 0.05) is 11.8 Å². The molecular weight excluding hydrogens is 278 g/mol. The number of aromatic nitrogens is 2. The topological polar surface area (TPSA) is 72.8 Å². The molecule has 5 heteroatoms. The van der Waals surface area contributed by atoms with Crippen LogP contribution in [0.25, 0.3) is 16.9 Å². The number of pyridine rings is 1. The van der Waals surface area contributed by atoms with Crippen molar-refractivity contribution >= 4 is 11.5 Å². The molecule has 1 aromatic carbocycles. The fourth-order valence-corrected chi connectivity index (χ4v) is 2.80. The zero-order chi connectivity index (χ0) is 15.9. The lowest BCUT2D eigenvalue weighted by atomic mass is 10.0. The molecule has 0 aliphatic heterocycles. The van der Waals surface area contributed by atoms with Crippen LogP contribution in [0.5, 0.6) is 5.75 Å². The van der Waals surface area contributed by atoms with Crippen molar-refractivity contribution in [1.82, 2.24) is 9.38 Å². The highest BCUT2D eigenvalue weighted by Crippen LogP contribution is 2.36. The van der Waals surface area contributed by atoms with Gasteiger partial charge in [-0.2, -0.15) is 0 Å². The van der Waals surface area contributed by atoms with E-state index in [1.165, 1.54) is 0 Å². The van der Waals surface area contributed by atoms with E-state index in [1.807, 2.05) is 32.0 Å². The first-order valence-electron chi connectivity index (χ1n) is 7.08. The Kier molecular flexibility index (Phi) is 3.50. The molecule has 3 N–H and O–H groups in total. The molecule has 0 spiro atoms. The number of nitrogens with zero attached hydrogens (tertiary/aromatic N) is 2. The summed E-state index contributed by atoms with van der Waals surface area (Å²) in [6, 6.07) is 7.78. The Bertz CT molecular complexity index is 853. The van der Waals surface area contributed by atoms with E-state index in [4.69, 9.17) is 10.5 Å². The van der Waals surface area contributed by atoms with Crippen LogP contribution in [0.2, 0.25) is 0 Å². The van der Waals surface area contributed by atoms with Crippen LogP contribution in [-0.2, 0) is 6.61 Å². The maximum Gasteiger partial charge on any atom is 0.139 e. The number of aliphatic hydroxyl groups excluding tert-OH is 1. The molecular formula is C17H19N3O2. The number of nitrogen functional groups attached to an aromatic ring is 1. The normalized spacial score (nSPS) is 11.1. The Hall–Kier alpha value is -2.53. The van der Waals surface area contributed by atoms with Crippen molar-refractivity contribution in [2.75, 3.05) is 12.8 Å². The van der Waals surface area contributed by atoms with E-state index in [0.717, 1.165) is 33.7 Å². The van der Waals surface area contributed by atoms with Gasteiger partial charge in [0.25, 0.3) is 0 Å². The number of benzene rings is 1. The Morgan fingerprint density at radius 2 is 2.05 bits per heavy atom. The Labute approximate surface area is 129 Å². The summed E-state index contributed by atoms with van der Waals surface area (Å²) in [4.78, 5) is 4.63.